The van der Waals surface area contributed by atoms with E-state index >= 15 is 0 Å². The summed E-state index contributed by atoms with van der Waals surface area (Å²) in [7, 11) is 0. The molecule has 0 spiro atoms. The Labute approximate surface area is 250 Å². The van der Waals surface area contributed by atoms with Crippen molar-refractivity contribution in [3.63, 3.8) is 0 Å². The summed E-state index contributed by atoms with van der Waals surface area (Å²) in [6.45, 7) is 2.31. The van der Waals surface area contributed by atoms with E-state index in [9.17, 15) is 0 Å². The Balaban J connectivity index is 3.02. The Bertz CT molecular complexity index is 443. The molecule has 0 aliphatic heterocycles. The van der Waals surface area contributed by atoms with Crippen molar-refractivity contribution in [2.24, 2.45) is 0 Å². The van der Waals surface area contributed by atoms with Gasteiger partial charge in [-0.1, -0.05) is 225 Å². The first-order valence-corrected chi connectivity index (χ1v) is 18.8. The molecule has 0 amide bonds. The second kappa shape index (κ2) is 37.6. The Hall–Kier alpha value is -0.440. The smallest absolute Gasteiger partial charge is 0.00860 e. The second-order valence-corrected chi connectivity index (χ2v) is 13.0. The van der Waals surface area contributed by atoms with Crippen LogP contribution >= 0.6 is 0 Å². The van der Waals surface area contributed by atoms with Crippen molar-refractivity contribution in [1.29, 1.82) is 0 Å². The van der Waals surface area contributed by atoms with Gasteiger partial charge in [-0.05, 0) is 6.42 Å². The lowest BCUT2D eigenvalue weighted by molar-refractivity contribution is 0.511. The van der Waals surface area contributed by atoms with Crippen molar-refractivity contribution >= 4 is 0 Å². The highest BCUT2D eigenvalue weighted by atomic mass is 14.0. The van der Waals surface area contributed by atoms with Crippen LogP contribution in [0.2, 0.25) is 0 Å². The average molecular weight is 545 g/mol. The summed E-state index contributed by atoms with van der Waals surface area (Å²) in [6.07, 6.45) is 57.4. The Morgan fingerprint density at radius 2 is 0.410 bits per heavy atom. The minimum atomic E-state index is 0.972. The predicted molar refractivity (Wildman–Crippen MR) is 181 cm³/mol. The standard InChI is InChI=1S/C39H76/c1-3-5-7-9-11-13-15-17-19-21-23-25-27-29-31-33-35-37-39-38-36-34-32-30-28-26-24-22-20-18-16-14-12-10-8-6-4-2/h1H,4-39H2,2H3. The van der Waals surface area contributed by atoms with Gasteiger partial charge in [-0.3, -0.25) is 0 Å². The predicted octanol–water partition coefficient (Wildman–Crippen LogP) is 14.7. The van der Waals surface area contributed by atoms with Crippen molar-refractivity contribution < 1.29 is 0 Å². The first-order chi connectivity index (χ1) is 19.4. The van der Waals surface area contributed by atoms with E-state index < -0.39 is 0 Å². The van der Waals surface area contributed by atoms with Crippen LogP contribution < -0.4 is 0 Å². The Morgan fingerprint density at radius 1 is 0.256 bits per heavy atom. The molecule has 0 nitrogen and oxygen atoms in total. The second-order valence-electron chi connectivity index (χ2n) is 13.0. The van der Waals surface area contributed by atoms with E-state index in [0.717, 1.165) is 6.42 Å². The fraction of sp³-hybridized carbons (Fsp3) is 0.949. The molecular weight excluding hydrogens is 468 g/mol. The maximum absolute atomic E-state index is 5.30. The van der Waals surface area contributed by atoms with E-state index in [1.807, 2.05) is 0 Å². The van der Waals surface area contributed by atoms with E-state index in [1.54, 1.807) is 0 Å². The molecule has 0 rings (SSSR count). The molecular formula is C39H76. The molecule has 0 N–H and O–H groups in total. The van der Waals surface area contributed by atoms with Gasteiger partial charge in [0, 0.05) is 6.42 Å². The van der Waals surface area contributed by atoms with Crippen LogP contribution in [0.4, 0.5) is 0 Å². The lowest BCUT2D eigenvalue weighted by Gasteiger charge is -2.05. The highest BCUT2D eigenvalue weighted by Gasteiger charge is 1.97. The third-order valence-corrected chi connectivity index (χ3v) is 8.92. The minimum absolute atomic E-state index is 0.972. The lowest BCUT2D eigenvalue weighted by atomic mass is 10.0. The van der Waals surface area contributed by atoms with E-state index in [0.29, 0.717) is 0 Å². The zero-order chi connectivity index (χ0) is 28.2. The molecule has 0 heteroatoms. The molecule has 0 fully saturated rings. The van der Waals surface area contributed by atoms with Gasteiger partial charge < -0.3 is 0 Å². The number of terminal acetylenes is 1. The van der Waals surface area contributed by atoms with Crippen molar-refractivity contribution in [3.8, 4) is 12.3 Å². The van der Waals surface area contributed by atoms with Gasteiger partial charge in [0.2, 0.25) is 0 Å². The quantitative estimate of drug-likeness (QED) is 0.0549. The SMILES string of the molecule is C#CCCCCCCCCCCCCCCCCCCCCCCCCCCCCCCCCCCCCC. The topological polar surface area (TPSA) is 0 Å². The fourth-order valence-electron chi connectivity index (χ4n) is 6.13. The highest BCUT2D eigenvalue weighted by Crippen LogP contribution is 2.17. The molecule has 232 valence electrons. The lowest BCUT2D eigenvalue weighted by Crippen LogP contribution is -1.85. The molecule has 0 heterocycles. The first kappa shape index (κ1) is 38.6. The summed E-state index contributed by atoms with van der Waals surface area (Å²) >= 11 is 0. The van der Waals surface area contributed by atoms with E-state index in [4.69, 9.17) is 6.42 Å². The van der Waals surface area contributed by atoms with Crippen LogP contribution in [0.5, 0.6) is 0 Å². The van der Waals surface area contributed by atoms with Crippen LogP contribution in [0.25, 0.3) is 0 Å². The van der Waals surface area contributed by atoms with E-state index in [2.05, 4.69) is 12.8 Å². The molecule has 0 aliphatic rings. The molecule has 0 saturated heterocycles. The van der Waals surface area contributed by atoms with Crippen LogP contribution in [-0.4, -0.2) is 0 Å². The number of hydrogen-bond acceptors (Lipinski definition) is 0. The van der Waals surface area contributed by atoms with Gasteiger partial charge in [0.05, 0.1) is 0 Å². The van der Waals surface area contributed by atoms with Crippen LogP contribution in [0.15, 0.2) is 0 Å². The van der Waals surface area contributed by atoms with Crippen LogP contribution in [0.1, 0.15) is 238 Å². The summed E-state index contributed by atoms with van der Waals surface area (Å²) in [5.41, 5.74) is 0. The third kappa shape index (κ3) is 37.6. The van der Waals surface area contributed by atoms with Crippen LogP contribution in [-0.2, 0) is 0 Å². The van der Waals surface area contributed by atoms with Gasteiger partial charge in [0.1, 0.15) is 0 Å². The molecule has 0 aromatic carbocycles. The number of rotatable bonds is 35. The summed E-state index contributed by atoms with van der Waals surface area (Å²) < 4.78 is 0. The van der Waals surface area contributed by atoms with Crippen molar-refractivity contribution in [2.75, 3.05) is 0 Å². The van der Waals surface area contributed by atoms with Crippen molar-refractivity contribution in [1.82, 2.24) is 0 Å². The summed E-state index contributed by atoms with van der Waals surface area (Å²) in [5, 5.41) is 0. The van der Waals surface area contributed by atoms with Crippen LogP contribution in [0.3, 0.4) is 0 Å². The zero-order valence-corrected chi connectivity index (χ0v) is 27.5. The summed E-state index contributed by atoms with van der Waals surface area (Å²) in [6, 6.07) is 0. The normalized spacial score (nSPS) is 11.3. The zero-order valence-electron chi connectivity index (χ0n) is 27.5. The van der Waals surface area contributed by atoms with E-state index in [1.165, 1.54) is 225 Å². The minimum Gasteiger partial charge on any atom is -0.120 e. The van der Waals surface area contributed by atoms with Gasteiger partial charge in [0.25, 0.3) is 0 Å². The van der Waals surface area contributed by atoms with Gasteiger partial charge in [-0.15, -0.1) is 12.3 Å². The van der Waals surface area contributed by atoms with E-state index in [-0.39, 0.29) is 0 Å². The maximum Gasteiger partial charge on any atom is 0.00860 e. The van der Waals surface area contributed by atoms with Crippen molar-refractivity contribution in [3.05, 3.63) is 0 Å². The number of hydrogen-bond donors (Lipinski definition) is 0. The Kier molecular flexibility index (Phi) is 37.1. The molecule has 0 aromatic heterocycles. The largest absolute Gasteiger partial charge is 0.120 e. The van der Waals surface area contributed by atoms with Crippen molar-refractivity contribution in [2.45, 2.75) is 238 Å². The van der Waals surface area contributed by atoms with Crippen LogP contribution in [0, 0.1) is 12.3 Å². The van der Waals surface area contributed by atoms with Gasteiger partial charge >= 0.3 is 0 Å². The molecule has 0 aliphatic carbocycles. The highest BCUT2D eigenvalue weighted by molar-refractivity contribution is 4.82. The summed E-state index contributed by atoms with van der Waals surface area (Å²) in [4.78, 5) is 0. The molecule has 0 unspecified atom stereocenters. The molecule has 0 bridgehead atoms. The van der Waals surface area contributed by atoms with Gasteiger partial charge in [-0.25, -0.2) is 0 Å². The molecule has 0 atom stereocenters. The first-order valence-electron chi connectivity index (χ1n) is 18.8. The summed E-state index contributed by atoms with van der Waals surface area (Å²) in [5.74, 6) is 2.74. The fourth-order valence-corrected chi connectivity index (χ4v) is 6.13. The van der Waals surface area contributed by atoms with Gasteiger partial charge in [0.15, 0.2) is 0 Å². The average Bonchev–Trinajstić information content (AvgIpc) is 2.95. The molecule has 0 radical (unpaired) electrons. The number of unbranched alkanes of at least 4 members (excludes halogenated alkanes) is 35. The Morgan fingerprint density at radius 3 is 0.564 bits per heavy atom. The molecule has 0 aromatic rings. The van der Waals surface area contributed by atoms with Gasteiger partial charge in [-0.2, -0.15) is 0 Å². The third-order valence-electron chi connectivity index (χ3n) is 8.92. The monoisotopic (exact) mass is 545 g/mol. The molecule has 39 heavy (non-hydrogen) atoms. The molecule has 0 saturated carbocycles. The maximum atomic E-state index is 5.30.